The molecule has 27 heavy (non-hydrogen) atoms. The predicted molar refractivity (Wildman–Crippen MR) is 114 cm³/mol. The predicted octanol–water partition coefficient (Wildman–Crippen LogP) is 4.90. The number of methoxy groups -OCH3 is 1. The van der Waals surface area contributed by atoms with Gasteiger partial charge >= 0.3 is 0 Å². The van der Waals surface area contributed by atoms with Crippen LogP contribution in [0.2, 0.25) is 0 Å². The van der Waals surface area contributed by atoms with Crippen LogP contribution in [0.15, 0.2) is 68.6 Å². The van der Waals surface area contributed by atoms with Gasteiger partial charge in [0.15, 0.2) is 18.1 Å². The number of hydrogen-bond acceptors (Lipinski definition) is 4. The van der Waals surface area contributed by atoms with E-state index < -0.39 is 0 Å². The van der Waals surface area contributed by atoms with Gasteiger partial charge in [0.2, 0.25) is 0 Å². The van der Waals surface area contributed by atoms with Crippen LogP contribution >= 0.6 is 31.9 Å². The number of carbonyl (C=O) groups is 1. The largest absolute Gasteiger partial charge is 0.493 e. The molecule has 3 aromatic rings. The van der Waals surface area contributed by atoms with Crippen LogP contribution in [-0.4, -0.2) is 25.8 Å². The van der Waals surface area contributed by atoms with Gasteiger partial charge in [-0.25, -0.2) is 5.43 Å². The van der Waals surface area contributed by atoms with Gasteiger partial charge in [-0.2, -0.15) is 5.10 Å². The van der Waals surface area contributed by atoms with Gasteiger partial charge in [0.25, 0.3) is 5.91 Å². The zero-order chi connectivity index (χ0) is 19.2. The minimum Gasteiger partial charge on any atom is -0.493 e. The van der Waals surface area contributed by atoms with E-state index >= 15 is 0 Å². The molecule has 3 rings (SSSR count). The highest BCUT2D eigenvalue weighted by atomic mass is 79.9. The van der Waals surface area contributed by atoms with Gasteiger partial charge in [-0.1, -0.05) is 58.4 Å². The second-order valence-electron chi connectivity index (χ2n) is 5.57. The fourth-order valence-electron chi connectivity index (χ4n) is 2.54. The van der Waals surface area contributed by atoms with Gasteiger partial charge in [0.05, 0.1) is 17.8 Å². The summed E-state index contributed by atoms with van der Waals surface area (Å²) in [4.78, 5) is 12.0. The quantitative estimate of drug-likeness (QED) is 0.394. The first kappa shape index (κ1) is 19.4. The summed E-state index contributed by atoms with van der Waals surface area (Å²) in [6, 6.07) is 17.5. The molecule has 0 saturated heterocycles. The maximum absolute atomic E-state index is 12.0. The summed E-state index contributed by atoms with van der Waals surface area (Å²) < 4.78 is 12.4. The number of nitrogens with zero attached hydrogens (tertiary/aromatic N) is 1. The molecule has 0 bridgehead atoms. The first-order valence-electron chi connectivity index (χ1n) is 8.04. The second-order valence-corrected chi connectivity index (χ2v) is 7.34. The molecule has 0 saturated carbocycles. The van der Waals surface area contributed by atoms with Gasteiger partial charge in [-0.05, 0) is 38.8 Å². The highest BCUT2D eigenvalue weighted by Crippen LogP contribution is 2.38. The van der Waals surface area contributed by atoms with Crippen molar-refractivity contribution in [2.75, 3.05) is 13.7 Å². The molecule has 0 aliphatic carbocycles. The van der Waals surface area contributed by atoms with Crippen molar-refractivity contribution in [2.45, 2.75) is 0 Å². The lowest BCUT2D eigenvalue weighted by atomic mass is 10.1. The molecule has 0 unspecified atom stereocenters. The Morgan fingerprint density at radius 2 is 1.93 bits per heavy atom. The third-order valence-electron chi connectivity index (χ3n) is 3.76. The molecule has 138 valence electrons. The molecule has 7 heteroatoms. The van der Waals surface area contributed by atoms with Crippen molar-refractivity contribution in [1.29, 1.82) is 0 Å². The Morgan fingerprint density at radius 3 is 2.74 bits per heavy atom. The van der Waals surface area contributed by atoms with Crippen LogP contribution < -0.4 is 14.9 Å². The van der Waals surface area contributed by atoms with E-state index in [1.165, 1.54) is 7.11 Å². The summed E-state index contributed by atoms with van der Waals surface area (Å²) in [5.41, 5.74) is 3.40. The third-order valence-corrected chi connectivity index (χ3v) is 4.80. The Kier molecular flexibility index (Phi) is 6.47. The van der Waals surface area contributed by atoms with Crippen LogP contribution in [0, 0.1) is 0 Å². The molecule has 1 amide bonds. The number of ether oxygens (including phenoxy) is 2. The molecule has 0 atom stereocenters. The lowest BCUT2D eigenvalue weighted by Crippen LogP contribution is -2.24. The Balaban J connectivity index is 1.63. The van der Waals surface area contributed by atoms with Crippen molar-refractivity contribution >= 4 is 54.8 Å². The van der Waals surface area contributed by atoms with Crippen molar-refractivity contribution < 1.29 is 14.3 Å². The lowest BCUT2D eigenvalue weighted by molar-refractivity contribution is -0.123. The standard InChI is InChI=1S/C20H16Br2N2O3/c1-26-18-10-15(21)9-17(22)20(18)27-12-19(25)24-23-11-14-7-4-6-13-5-2-3-8-16(13)14/h2-11H,12H2,1H3,(H,24,25)/b23-11-. The van der Waals surface area contributed by atoms with Crippen molar-refractivity contribution in [3.63, 3.8) is 0 Å². The first-order valence-corrected chi connectivity index (χ1v) is 9.62. The summed E-state index contributed by atoms with van der Waals surface area (Å²) in [5.74, 6) is 0.598. The molecule has 5 nitrogen and oxygen atoms in total. The molecule has 0 aliphatic heterocycles. The van der Waals surface area contributed by atoms with Crippen LogP contribution in [-0.2, 0) is 4.79 Å². The summed E-state index contributed by atoms with van der Waals surface area (Å²) >= 11 is 6.78. The lowest BCUT2D eigenvalue weighted by Gasteiger charge is -2.12. The summed E-state index contributed by atoms with van der Waals surface area (Å²) in [5, 5.41) is 6.21. The average Bonchev–Trinajstić information content (AvgIpc) is 2.67. The number of halogens is 2. The van der Waals surface area contributed by atoms with Crippen molar-refractivity contribution in [1.82, 2.24) is 5.43 Å². The zero-order valence-corrected chi connectivity index (χ0v) is 17.6. The highest BCUT2D eigenvalue weighted by Gasteiger charge is 2.12. The maximum Gasteiger partial charge on any atom is 0.277 e. The Hall–Kier alpha value is -2.38. The Morgan fingerprint density at radius 1 is 1.15 bits per heavy atom. The number of fused-ring (bicyclic) bond motifs is 1. The molecule has 0 radical (unpaired) electrons. The van der Waals surface area contributed by atoms with E-state index in [4.69, 9.17) is 9.47 Å². The van der Waals surface area contributed by atoms with Gasteiger partial charge < -0.3 is 9.47 Å². The molecule has 0 fully saturated rings. The number of amides is 1. The number of hydrogen-bond donors (Lipinski definition) is 1. The van der Waals surface area contributed by atoms with Gasteiger partial charge in [0, 0.05) is 10.0 Å². The molecule has 0 heterocycles. The number of carbonyl (C=O) groups excluding carboxylic acids is 1. The summed E-state index contributed by atoms with van der Waals surface area (Å²) in [7, 11) is 1.54. The van der Waals surface area contributed by atoms with Gasteiger partial charge in [0.1, 0.15) is 0 Å². The highest BCUT2D eigenvalue weighted by molar-refractivity contribution is 9.11. The van der Waals surface area contributed by atoms with Crippen molar-refractivity contribution in [3.05, 3.63) is 69.1 Å². The van der Waals surface area contributed by atoms with Crippen LogP contribution in [0.3, 0.4) is 0 Å². The summed E-state index contributed by atoms with van der Waals surface area (Å²) in [6.07, 6.45) is 1.62. The van der Waals surface area contributed by atoms with Crippen LogP contribution in [0.5, 0.6) is 11.5 Å². The van der Waals surface area contributed by atoms with E-state index in [0.29, 0.717) is 16.0 Å². The smallest absolute Gasteiger partial charge is 0.277 e. The van der Waals surface area contributed by atoms with Crippen molar-refractivity contribution in [3.8, 4) is 11.5 Å². The number of hydrazone groups is 1. The minimum atomic E-state index is -0.372. The first-order chi connectivity index (χ1) is 13.1. The molecule has 0 aliphatic rings. The Bertz CT molecular complexity index is 1000. The molecular formula is C20H16Br2N2O3. The molecule has 0 aromatic heterocycles. The molecule has 0 spiro atoms. The monoisotopic (exact) mass is 490 g/mol. The molecule has 3 aromatic carbocycles. The average molecular weight is 492 g/mol. The van der Waals surface area contributed by atoms with Crippen LogP contribution in [0.25, 0.3) is 10.8 Å². The topological polar surface area (TPSA) is 59.9 Å². The maximum atomic E-state index is 12.0. The third kappa shape index (κ3) is 4.87. The number of nitrogens with one attached hydrogen (secondary N) is 1. The van der Waals surface area contributed by atoms with E-state index in [1.807, 2.05) is 48.5 Å². The van der Waals surface area contributed by atoms with Crippen LogP contribution in [0.4, 0.5) is 0 Å². The van der Waals surface area contributed by atoms with Gasteiger partial charge in [-0.15, -0.1) is 0 Å². The van der Waals surface area contributed by atoms with Gasteiger partial charge in [-0.3, -0.25) is 4.79 Å². The fourth-order valence-corrected chi connectivity index (χ4v) is 3.84. The second kappa shape index (κ2) is 9.01. The van der Waals surface area contributed by atoms with E-state index in [2.05, 4.69) is 42.4 Å². The number of benzene rings is 3. The summed E-state index contributed by atoms with van der Waals surface area (Å²) in [6.45, 7) is -0.191. The van der Waals surface area contributed by atoms with E-state index in [1.54, 1.807) is 12.3 Å². The molecular weight excluding hydrogens is 476 g/mol. The number of rotatable bonds is 6. The Labute approximate surface area is 173 Å². The molecule has 1 N–H and O–H groups in total. The zero-order valence-electron chi connectivity index (χ0n) is 14.4. The van der Waals surface area contributed by atoms with E-state index in [9.17, 15) is 4.79 Å². The van der Waals surface area contributed by atoms with E-state index in [-0.39, 0.29) is 12.5 Å². The van der Waals surface area contributed by atoms with Crippen LogP contribution in [0.1, 0.15) is 5.56 Å². The van der Waals surface area contributed by atoms with E-state index in [0.717, 1.165) is 20.8 Å². The fraction of sp³-hybridized carbons (Fsp3) is 0.100. The minimum absolute atomic E-state index is 0.191. The SMILES string of the molecule is COc1cc(Br)cc(Br)c1OCC(=O)N/N=C\c1cccc2ccccc12. The normalized spacial score (nSPS) is 10.9. The van der Waals surface area contributed by atoms with Crippen molar-refractivity contribution in [2.24, 2.45) is 5.10 Å².